The standard InChI is InChI=1S/C19H19N3O3/c23-18(24)19-7-11-5-12(8-19)15(19)6-13(11)10-25-14-1-2-16(20-9-14)17-3-4-21-22-17/h1-4,6,9,11-13H,5,7-8,10H2,(H,21,22)(H,23,24). The van der Waals surface area contributed by atoms with E-state index in [-0.39, 0.29) is 0 Å². The van der Waals surface area contributed by atoms with E-state index in [0.717, 1.165) is 42.0 Å². The lowest BCUT2D eigenvalue weighted by atomic mass is 9.43. The van der Waals surface area contributed by atoms with Gasteiger partial charge in [-0.3, -0.25) is 14.9 Å². The van der Waals surface area contributed by atoms with Crippen LogP contribution in [0.4, 0.5) is 0 Å². The molecule has 25 heavy (non-hydrogen) atoms. The van der Waals surface area contributed by atoms with Crippen molar-refractivity contribution in [2.45, 2.75) is 19.3 Å². The number of rotatable bonds is 5. The van der Waals surface area contributed by atoms with Crippen molar-refractivity contribution in [3.05, 3.63) is 42.2 Å². The van der Waals surface area contributed by atoms with Gasteiger partial charge in [0, 0.05) is 12.1 Å². The molecule has 5 aliphatic carbocycles. The lowest BCUT2D eigenvalue weighted by Crippen LogP contribution is -2.57. The highest BCUT2D eigenvalue weighted by molar-refractivity contribution is 5.82. The van der Waals surface area contributed by atoms with E-state index in [2.05, 4.69) is 21.3 Å². The number of hydrogen-bond donors (Lipinski definition) is 2. The van der Waals surface area contributed by atoms with Crippen molar-refractivity contribution in [3.63, 3.8) is 0 Å². The molecule has 6 heteroatoms. The van der Waals surface area contributed by atoms with Gasteiger partial charge < -0.3 is 9.84 Å². The summed E-state index contributed by atoms with van der Waals surface area (Å²) in [6.45, 7) is 0.585. The maximum atomic E-state index is 11.6. The molecule has 128 valence electrons. The molecular weight excluding hydrogens is 318 g/mol. The Balaban J connectivity index is 1.27. The summed E-state index contributed by atoms with van der Waals surface area (Å²) in [5.74, 6) is 1.33. The first-order valence-electron chi connectivity index (χ1n) is 8.70. The molecule has 2 N–H and O–H groups in total. The van der Waals surface area contributed by atoms with Crippen LogP contribution in [0.1, 0.15) is 19.3 Å². The van der Waals surface area contributed by atoms with Gasteiger partial charge in [-0.2, -0.15) is 5.10 Å². The second-order valence-electron chi connectivity index (χ2n) is 7.43. The molecule has 5 aliphatic rings. The average Bonchev–Trinajstić information content (AvgIpc) is 3.16. The van der Waals surface area contributed by atoms with E-state index in [4.69, 9.17) is 4.74 Å². The van der Waals surface area contributed by atoms with Gasteiger partial charge in [0.15, 0.2) is 0 Å². The number of aromatic nitrogens is 3. The lowest BCUT2D eigenvalue weighted by molar-refractivity contribution is -0.159. The lowest BCUT2D eigenvalue weighted by Gasteiger charge is -2.59. The van der Waals surface area contributed by atoms with Gasteiger partial charge in [0.25, 0.3) is 0 Å². The Kier molecular flexibility index (Phi) is 3.04. The predicted octanol–water partition coefficient (Wildman–Crippen LogP) is 2.91. The number of fused-ring (bicyclic) bond motifs is 1. The molecule has 0 radical (unpaired) electrons. The van der Waals surface area contributed by atoms with E-state index < -0.39 is 11.4 Å². The maximum absolute atomic E-state index is 11.6. The molecular formula is C19H19N3O3. The zero-order valence-corrected chi connectivity index (χ0v) is 13.7. The van der Waals surface area contributed by atoms with Crippen LogP contribution < -0.4 is 4.74 Å². The fourth-order valence-corrected chi connectivity index (χ4v) is 4.90. The molecule has 0 aliphatic heterocycles. The van der Waals surface area contributed by atoms with E-state index in [0.29, 0.717) is 24.4 Å². The van der Waals surface area contributed by atoms with Crippen LogP contribution in [0, 0.1) is 23.2 Å². The summed E-state index contributed by atoms with van der Waals surface area (Å²) in [7, 11) is 0. The summed E-state index contributed by atoms with van der Waals surface area (Å²) in [6, 6.07) is 5.69. The molecule has 0 aromatic carbocycles. The Hall–Kier alpha value is -2.63. The third kappa shape index (κ3) is 2.13. The van der Waals surface area contributed by atoms with Crippen molar-refractivity contribution >= 4 is 5.97 Å². The van der Waals surface area contributed by atoms with Gasteiger partial charge in [-0.1, -0.05) is 11.6 Å². The van der Waals surface area contributed by atoms with Crippen molar-refractivity contribution in [3.8, 4) is 17.1 Å². The number of carboxylic acid groups (broad SMARTS) is 1. The SMILES string of the molecule is O=C(O)C12CC3CC(C1)C(COc1ccc(-c4ccn[nH]4)nc1)C=C32. The summed E-state index contributed by atoms with van der Waals surface area (Å²) in [4.78, 5) is 16.0. The van der Waals surface area contributed by atoms with Gasteiger partial charge >= 0.3 is 5.97 Å². The Bertz CT molecular complexity index is 843. The molecule has 2 aromatic rings. The van der Waals surface area contributed by atoms with Crippen LogP contribution in [-0.4, -0.2) is 32.9 Å². The third-order valence-electron chi connectivity index (χ3n) is 6.15. The summed E-state index contributed by atoms with van der Waals surface area (Å²) in [6.07, 6.45) is 8.33. The van der Waals surface area contributed by atoms with Gasteiger partial charge in [-0.05, 0) is 49.3 Å². The van der Waals surface area contributed by atoms with Crippen molar-refractivity contribution in [2.75, 3.05) is 6.61 Å². The van der Waals surface area contributed by atoms with Gasteiger partial charge in [0.2, 0.25) is 0 Å². The number of aliphatic carboxylic acids is 1. The molecule has 2 heterocycles. The number of H-pyrrole nitrogens is 1. The zero-order valence-electron chi connectivity index (χ0n) is 13.7. The van der Waals surface area contributed by atoms with Crippen LogP contribution in [0.15, 0.2) is 42.2 Å². The topological polar surface area (TPSA) is 88.1 Å². The van der Waals surface area contributed by atoms with E-state index in [1.165, 1.54) is 0 Å². The number of carboxylic acids is 1. The highest BCUT2D eigenvalue weighted by Crippen LogP contribution is 2.66. The van der Waals surface area contributed by atoms with Crippen molar-refractivity contribution in [2.24, 2.45) is 23.2 Å². The maximum Gasteiger partial charge on any atom is 0.313 e. The van der Waals surface area contributed by atoms with Gasteiger partial charge in [-0.15, -0.1) is 0 Å². The molecule has 4 atom stereocenters. The number of nitrogens with zero attached hydrogens (tertiary/aromatic N) is 2. The highest BCUT2D eigenvalue weighted by Gasteiger charge is 2.62. The van der Waals surface area contributed by atoms with E-state index >= 15 is 0 Å². The molecule has 3 saturated carbocycles. The van der Waals surface area contributed by atoms with Crippen molar-refractivity contribution in [1.29, 1.82) is 0 Å². The summed E-state index contributed by atoms with van der Waals surface area (Å²) < 4.78 is 5.93. The average molecular weight is 337 g/mol. The van der Waals surface area contributed by atoms with Crippen LogP contribution in [0.2, 0.25) is 0 Å². The van der Waals surface area contributed by atoms with Crippen LogP contribution in [0.25, 0.3) is 11.4 Å². The highest BCUT2D eigenvalue weighted by atomic mass is 16.5. The first-order chi connectivity index (χ1) is 12.2. The molecule has 0 spiro atoms. The van der Waals surface area contributed by atoms with Crippen LogP contribution in [0.3, 0.4) is 0 Å². The molecule has 7 rings (SSSR count). The summed E-state index contributed by atoms with van der Waals surface area (Å²) in [5.41, 5.74) is 2.31. The van der Waals surface area contributed by atoms with Gasteiger partial charge in [-0.25, -0.2) is 0 Å². The molecule has 0 amide bonds. The fourth-order valence-electron chi connectivity index (χ4n) is 4.90. The van der Waals surface area contributed by atoms with Gasteiger partial charge in [0.1, 0.15) is 5.75 Å². The first kappa shape index (κ1) is 14.7. The van der Waals surface area contributed by atoms with E-state index in [9.17, 15) is 9.90 Å². The molecule has 4 bridgehead atoms. The van der Waals surface area contributed by atoms with Gasteiger partial charge in [0.05, 0.1) is 29.6 Å². The number of aromatic amines is 1. The van der Waals surface area contributed by atoms with Crippen LogP contribution in [-0.2, 0) is 4.79 Å². The zero-order chi connectivity index (χ0) is 17.0. The third-order valence-corrected chi connectivity index (χ3v) is 6.15. The fraction of sp³-hybridized carbons (Fsp3) is 0.421. The van der Waals surface area contributed by atoms with Crippen LogP contribution >= 0.6 is 0 Å². The number of pyridine rings is 1. The number of nitrogens with one attached hydrogen (secondary N) is 1. The molecule has 2 aromatic heterocycles. The number of ether oxygens (including phenoxy) is 1. The minimum Gasteiger partial charge on any atom is -0.491 e. The second-order valence-corrected chi connectivity index (χ2v) is 7.43. The molecule has 4 unspecified atom stereocenters. The minimum absolute atomic E-state index is 0.311. The summed E-state index contributed by atoms with van der Waals surface area (Å²) in [5, 5.41) is 16.4. The Morgan fingerprint density at radius 1 is 1.36 bits per heavy atom. The second kappa shape index (κ2) is 5.18. The molecule has 6 nitrogen and oxygen atoms in total. The Morgan fingerprint density at radius 3 is 2.92 bits per heavy atom. The Labute approximate surface area is 144 Å². The quantitative estimate of drug-likeness (QED) is 0.819. The van der Waals surface area contributed by atoms with E-state index in [1.54, 1.807) is 12.4 Å². The molecule has 0 saturated heterocycles. The van der Waals surface area contributed by atoms with Crippen molar-refractivity contribution in [1.82, 2.24) is 15.2 Å². The van der Waals surface area contributed by atoms with E-state index in [1.807, 2.05) is 18.2 Å². The molecule has 3 fully saturated rings. The normalized spacial score (nSPS) is 32.0. The first-order valence-corrected chi connectivity index (χ1v) is 8.70. The Morgan fingerprint density at radius 2 is 2.28 bits per heavy atom. The minimum atomic E-state index is -0.641. The number of hydrogen-bond acceptors (Lipinski definition) is 4. The predicted molar refractivity (Wildman–Crippen MR) is 89.8 cm³/mol. The van der Waals surface area contributed by atoms with Crippen LogP contribution in [0.5, 0.6) is 5.75 Å². The largest absolute Gasteiger partial charge is 0.491 e. The van der Waals surface area contributed by atoms with Crippen molar-refractivity contribution < 1.29 is 14.6 Å². The summed E-state index contributed by atoms with van der Waals surface area (Å²) >= 11 is 0. The monoisotopic (exact) mass is 337 g/mol. The number of carbonyl (C=O) groups is 1. The smallest absolute Gasteiger partial charge is 0.313 e.